The lowest BCUT2D eigenvalue weighted by molar-refractivity contribution is 0.828. The summed E-state index contributed by atoms with van der Waals surface area (Å²) < 4.78 is 0. The second-order valence-corrected chi connectivity index (χ2v) is 3.96. The van der Waals surface area contributed by atoms with E-state index in [2.05, 4.69) is 47.8 Å². The van der Waals surface area contributed by atoms with E-state index in [1.54, 1.807) is 0 Å². The number of rotatable bonds is 1. The molecule has 1 heterocycles. The van der Waals surface area contributed by atoms with Crippen LogP contribution < -0.4 is 10.8 Å². The summed E-state index contributed by atoms with van der Waals surface area (Å²) in [4.78, 5) is 0. The average molecular weight is 181 g/mol. The summed E-state index contributed by atoms with van der Waals surface area (Å²) >= 11 is 0. The summed E-state index contributed by atoms with van der Waals surface area (Å²) in [5.74, 6) is 0. The molecule has 0 aromatic heterocycles. The maximum atomic E-state index is 3.31. The monoisotopic (exact) mass is 181 g/mol. The van der Waals surface area contributed by atoms with E-state index in [-0.39, 0.29) is 0 Å². The lowest BCUT2D eigenvalue weighted by Gasteiger charge is -2.24. The van der Waals surface area contributed by atoms with Crippen LogP contribution in [0.1, 0.15) is 0 Å². The molecule has 0 spiro atoms. The minimum absolute atomic E-state index is 0.736. The van der Waals surface area contributed by atoms with Gasteiger partial charge in [0.2, 0.25) is 6.71 Å². The number of hydrogen-bond acceptors (Lipinski definition) is 1. The predicted octanol–water partition coefficient (Wildman–Crippen LogP) is 1.22. The van der Waals surface area contributed by atoms with Crippen molar-refractivity contribution in [3.05, 3.63) is 42.5 Å². The molecular formula is C12H12BN. The zero-order valence-corrected chi connectivity index (χ0v) is 8.03. The van der Waals surface area contributed by atoms with Crippen LogP contribution in [0.25, 0.3) is 10.8 Å². The number of fused-ring (bicyclic) bond motifs is 1. The van der Waals surface area contributed by atoms with Gasteiger partial charge in [0.1, 0.15) is 0 Å². The Hall–Kier alpha value is -1.28. The number of nitrogens with one attached hydrogen (secondary N) is 1. The van der Waals surface area contributed by atoms with Crippen molar-refractivity contribution in [3.63, 3.8) is 0 Å². The van der Waals surface area contributed by atoms with Crippen LogP contribution in [-0.2, 0) is 0 Å². The van der Waals surface area contributed by atoms with Crippen molar-refractivity contribution in [2.45, 2.75) is 0 Å². The Morgan fingerprint density at radius 3 is 2.43 bits per heavy atom. The van der Waals surface area contributed by atoms with Gasteiger partial charge in [0.05, 0.1) is 0 Å². The molecule has 2 aromatic carbocycles. The average Bonchev–Trinajstić information content (AvgIpc) is 2.15. The molecule has 14 heavy (non-hydrogen) atoms. The fourth-order valence-electron chi connectivity index (χ4n) is 1.99. The molecule has 1 nitrogen and oxygen atoms in total. The highest BCUT2D eigenvalue weighted by atomic mass is 14.9. The first-order chi connectivity index (χ1) is 6.93. The predicted molar refractivity (Wildman–Crippen MR) is 62.2 cm³/mol. The van der Waals surface area contributed by atoms with E-state index in [9.17, 15) is 0 Å². The zero-order chi connectivity index (χ0) is 9.38. The molecule has 0 saturated carbocycles. The van der Waals surface area contributed by atoms with Crippen molar-refractivity contribution in [2.75, 3.05) is 12.9 Å². The van der Waals surface area contributed by atoms with Crippen LogP contribution >= 0.6 is 0 Å². The molecule has 0 atom stereocenters. The van der Waals surface area contributed by atoms with Crippen LogP contribution in [0.5, 0.6) is 0 Å². The van der Waals surface area contributed by atoms with Crippen LogP contribution in [0, 0.1) is 0 Å². The summed E-state index contributed by atoms with van der Waals surface area (Å²) in [7, 11) is 0. The fraction of sp³-hybridized carbons (Fsp3) is 0.167. The van der Waals surface area contributed by atoms with Crippen LogP contribution in [0.3, 0.4) is 0 Å². The summed E-state index contributed by atoms with van der Waals surface area (Å²) in [5.41, 5.74) is 1.47. The number of hydrogen-bond donors (Lipinski definition) is 1. The van der Waals surface area contributed by atoms with Gasteiger partial charge in [-0.1, -0.05) is 47.9 Å². The van der Waals surface area contributed by atoms with E-state index in [1.807, 2.05) is 0 Å². The van der Waals surface area contributed by atoms with Gasteiger partial charge in [0.25, 0.3) is 0 Å². The maximum Gasteiger partial charge on any atom is 0.204 e. The van der Waals surface area contributed by atoms with Crippen molar-refractivity contribution in [3.8, 4) is 0 Å². The minimum atomic E-state index is 0.736. The van der Waals surface area contributed by atoms with E-state index >= 15 is 0 Å². The molecule has 2 aromatic rings. The molecule has 0 bridgehead atoms. The van der Waals surface area contributed by atoms with Gasteiger partial charge in [-0.25, -0.2) is 0 Å². The molecule has 2 heteroatoms. The van der Waals surface area contributed by atoms with E-state index in [0.29, 0.717) is 0 Å². The second-order valence-electron chi connectivity index (χ2n) is 3.96. The SMILES string of the molecule is c1ccc2cc(B3CNC3)ccc2c1. The highest BCUT2D eigenvalue weighted by Gasteiger charge is 2.23. The highest BCUT2D eigenvalue weighted by Crippen LogP contribution is 2.11. The van der Waals surface area contributed by atoms with Gasteiger partial charge in [0.15, 0.2) is 0 Å². The molecule has 1 aliphatic heterocycles. The van der Waals surface area contributed by atoms with Crippen molar-refractivity contribution in [2.24, 2.45) is 0 Å². The van der Waals surface area contributed by atoms with Crippen molar-refractivity contribution >= 4 is 22.9 Å². The molecule has 0 amide bonds. The summed E-state index contributed by atoms with van der Waals surface area (Å²) in [6.45, 7) is 0.736. The molecule has 1 aliphatic rings. The van der Waals surface area contributed by atoms with E-state index in [4.69, 9.17) is 0 Å². The topological polar surface area (TPSA) is 12.0 Å². The highest BCUT2D eigenvalue weighted by molar-refractivity contribution is 6.76. The van der Waals surface area contributed by atoms with Gasteiger partial charge in [-0.15, -0.1) is 0 Å². The molecule has 0 radical (unpaired) electrons. The molecule has 0 unspecified atom stereocenters. The summed E-state index contributed by atoms with van der Waals surface area (Å²) in [6, 6.07) is 15.3. The first-order valence-electron chi connectivity index (χ1n) is 5.13. The van der Waals surface area contributed by atoms with E-state index in [1.165, 1.54) is 16.2 Å². The Morgan fingerprint density at radius 2 is 1.71 bits per heavy atom. The molecule has 1 N–H and O–H groups in total. The standard InChI is InChI=1S/C12H12BN/c1-2-4-11-7-12(13-8-14-9-13)6-5-10(11)3-1/h1-7,14H,8-9H2. The van der Waals surface area contributed by atoms with Crippen molar-refractivity contribution in [1.82, 2.24) is 5.32 Å². The van der Waals surface area contributed by atoms with Crippen molar-refractivity contribution in [1.29, 1.82) is 0 Å². The maximum absolute atomic E-state index is 3.31. The normalized spacial score (nSPS) is 15.6. The molecule has 1 fully saturated rings. The first-order valence-corrected chi connectivity index (χ1v) is 5.13. The molecule has 68 valence electrons. The van der Waals surface area contributed by atoms with E-state index in [0.717, 1.165) is 19.6 Å². The largest absolute Gasteiger partial charge is 0.330 e. The van der Waals surface area contributed by atoms with Gasteiger partial charge < -0.3 is 5.32 Å². The third-order valence-electron chi connectivity index (χ3n) is 3.03. The second kappa shape index (κ2) is 3.14. The van der Waals surface area contributed by atoms with Gasteiger partial charge in [-0.3, -0.25) is 0 Å². The minimum Gasteiger partial charge on any atom is -0.330 e. The number of benzene rings is 2. The smallest absolute Gasteiger partial charge is 0.204 e. The summed E-state index contributed by atoms with van der Waals surface area (Å²) in [5, 5.41) is 6.00. The Balaban J connectivity index is 2.10. The molecular weight excluding hydrogens is 169 g/mol. The molecule has 3 rings (SSSR count). The Kier molecular flexibility index (Phi) is 1.81. The van der Waals surface area contributed by atoms with Crippen LogP contribution in [0.15, 0.2) is 42.5 Å². The lowest BCUT2D eigenvalue weighted by Crippen LogP contribution is -2.58. The van der Waals surface area contributed by atoms with Gasteiger partial charge in [-0.2, -0.15) is 0 Å². The fourth-order valence-corrected chi connectivity index (χ4v) is 1.99. The quantitative estimate of drug-likeness (QED) is 0.652. The van der Waals surface area contributed by atoms with E-state index < -0.39 is 0 Å². The van der Waals surface area contributed by atoms with Crippen molar-refractivity contribution < 1.29 is 0 Å². The zero-order valence-electron chi connectivity index (χ0n) is 8.03. The third kappa shape index (κ3) is 1.23. The summed E-state index contributed by atoms with van der Waals surface area (Å²) in [6.07, 6.45) is 2.27. The third-order valence-corrected chi connectivity index (χ3v) is 3.03. The Morgan fingerprint density at radius 1 is 0.929 bits per heavy atom. The lowest BCUT2D eigenvalue weighted by atomic mass is 9.40. The van der Waals surface area contributed by atoms with Crippen LogP contribution in [0.4, 0.5) is 0 Å². The molecule has 1 saturated heterocycles. The van der Waals surface area contributed by atoms with Gasteiger partial charge in [0, 0.05) is 0 Å². The first kappa shape index (κ1) is 8.07. The van der Waals surface area contributed by atoms with Gasteiger partial charge >= 0.3 is 0 Å². The van der Waals surface area contributed by atoms with Crippen LogP contribution in [-0.4, -0.2) is 19.6 Å². The van der Waals surface area contributed by atoms with Crippen LogP contribution in [0.2, 0.25) is 0 Å². The Labute approximate surface area is 84.2 Å². The van der Waals surface area contributed by atoms with Gasteiger partial charge in [-0.05, 0) is 23.7 Å². The molecule has 0 aliphatic carbocycles. The Bertz CT molecular complexity index is 463.